The molecular weight excluding hydrogens is 409 g/mol. The van der Waals surface area contributed by atoms with Gasteiger partial charge in [0.25, 0.3) is 0 Å². The molecule has 0 atom stereocenters. The van der Waals surface area contributed by atoms with Gasteiger partial charge >= 0.3 is 0 Å². The predicted molar refractivity (Wildman–Crippen MR) is 120 cm³/mol. The molecule has 2 aliphatic carbocycles. The SMILES string of the molecule is Cc1cc2c(s1)C(=O)c1sc(C)cc1-2.Cc1cc2c(s1)Cc1sc(C)cc1-2. The molecule has 6 rings (SSSR count). The van der Waals surface area contributed by atoms with Gasteiger partial charge in [0.15, 0.2) is 0 Å². The molecule has 0 fully saturated rings. The van der Waals surface area contributed by atoms with Gasteiger partial charge < -0.3 is 0 Å². The maximum atomic E-state index is 11.9. The summed E-state index contributed by atoms with van der Waals surface area (Å²) in [7, 11) is 0. The fourth-order valence-electron chi connectivity index (χ4n) is 3.86. The van der Waals surface area contributed by atoms with Crippen molar-refractivity contribution in [3.8, 4) is 22.3 Å². The molecule has 0 N–H and O–H groups in total. The first-order valence-electron chi connectivity index (χ1n) is 8.85. The van der Waals surface area contributed by atoms with Crippen molar-refractivity contribution in [2.75, 3.05) is 0 Å². The highest BCUT2D eigenvalue weighted by atomic mass is 32.1. The van der Waals surface area contributed by atoms with Crippen molar-refractivity contribution >= 4 is 51.1 Å². The van der Waals surface area contributed by atoms with Crippen LogP contribution in [-0.2, 0) is 6.42 Å². The fourth-order valence-corrected chi connectivity index (χ4v) is 8.08. The van der Waals surface area contributed by atoms with Crippen molar-refractivity contribution in [1.82, 2.24) is 0 Å². The molecule has 0 amide bonds. The number of rotatable bonds is 0. The molecule has 5 heteroatoms. The quantitative estimate of drug-likeness (QED) is 0.244. The Bertz CT molecular complexity index is 1120. The lowest BCUT2D eigenvalue weighted by Gasteiger charge is -1.86. The van der Waals surface area contributed by atoms with Crippen LogP contribution in [0.5, 0.6) is 0 Å². The molecule has 0 bridgehead atoms. The van der Waals surface area contributed by atoms with Gasteiger partial charge in [0.2, 0.25) is 5.78 Å². The molecule has 1 nitrogen and oxygen atoms in total. The Labute approximate surface area is 175 Å². The van der Waals surface area contributed by atoms with E-state index in [0.717, 1.165) is 20.9 Å². The summed E-state index contributed by atoms with van der Waals surface area (Å²) in [6.07, 6.45) is 1.18. The van der Waals surface area contributed by atoms with Gasteiger partial charge in [0, 0.05) is 46.8 Å². The molecule has 0 saturated heterocycles. The monoisotopic (exact) mass is 426 g/mol. The Hall–Kier alpha value is -1.53. The lowest BCUT2D eigenvalue weighted by molar-refractivity contribution is 0.105. The second kappa shape index (κ2) is 6.24. The molecule has 0 radical (unpaired) electrons. The van der Waals surface area contributed by atoms with Crippen LogP contribution >= 0.6 is 45.3 Å². The van der Waals surface area contributed by atoms with Crippen LogP contribution in [0.4, 0.5) is 0 Å². The van der Waals surface area contributed by atoms with Crippen LogP contribution in [0.15, 0.2) is 24.3 Å². The third-order valence-electron chi connectivity index (χ3n) is 4.89. The third kappa shape index (κ3) is 2.80. The summed E-state index contributed by atoms with van der Waals surface area (Å²) in [5.41, 5.74) is 5.30. The summed E-state index contributed by atoms with van der Waals surface area (Å²) >= 11 is 7.12. The fraction of sp³-hybridized carbons (Fsp3) is 0.227. The highest BCUT2D eigenvalue weighted by Gasteiger charge is 2.30. The standard InChI is InChI=1S/C11H8OS2.C11H10S2/c1-5-3-7-8-4-6(2)14-11(8)9(12)10(7)13-5;1-6-3-8-9-4-7(2)13-11(9)5-10(8)12-6/h3-4H,1-2H3;3-4H,5H2,1-2H3. The molecule has 0 aliphatic heterocycles. The number of fused-ring (bicyclic) bond motifs is 6. The zero-order valence-corrected chi connectivity index (χ0v) is 18.8. The molecule has 0 aromatic carbocycles. The summed E-state index contributed by atoms with van der Waals surface area (Å²) in [5, 5.41) is 0. The van der Waals surface area contributed by atoms with Crippen LogP contribution in [0.25, 0.3) is 22.3 Å². The van der Waals surface area contributed by atoms with Crippen LogP contribution in [0, 0.1) is 27.7 Å². The highest BCUT2D eigenvalue weighted by Crippen LogP contribution is 2.46. The highest BCUT2D eigenvalue weighted by molar-refractivity contribution is 7.19. The van der Waals surface area contributed by atoms with E-state index in [1.165, 1.54) is 37.1 Å². The van der Waals surface area contributed by atoms with Crippen molar-refractivity contribution < 1.29 is 4.79 Å². The second-order valence-electron chi connectivity index (χ2n) is 7.09. The van der Waals surface area contributed by atoms with E-state index in [9.17, 15) is 4.79 Å². The zero-order valence-electron chi connectivity index (χ0n) is 15.6. The number of ketones is 1. The summed E-state index contributed by atoms with van der Waals surface area (Å²) in [4.78, 5) is 22.3. The summed E-state index contributed by atoms with van der Waals surface area (Å²) in [6, 6.07) is 8.90. The number of aryl methyl sites for hydroxylation is 4. The van der Waals surface area contributed by atoms with Crippen molar-refractivity contribution in [3.63, 3.8) is 0 Å². The largest absolute Gasteiger partial charge is 0.287 e. The van der Waals surface area contributed by atoms with E-state index < -0.39 is 0 Å². The summed E-state index contributed by atoms with van der Waals surface area (Å²) in [5.74, 6) is 0.228. The van der Waals surface area contributed by atoms with Gasteiger partial charge in [-0.2, -0.15) is 0 Å². The number of hydrogen-bond acceptors (Lipinski definition) is 5. The Morgan fingerprint density at radius 1 is 0.593 bits per heavy atom. The minimum absolute atomic E-state index is 0.228. The first-order chi connectivity index (χ1) is 12.9. The van der Waals surface area contributed by atoms with Crippen LogP contribution in [0.1, 0.15) is 43.8 Å². The lowest BCUT2D eigenvalue weighted by Crippen LogP contribution is -1.88. The Balaban J connectivity index is 0.000000119. The number of carbonyl (C=O) groups excluding carboxylic acids is 1. The molecule has 2 aliphatic rings. The smallest absolute Gasteiger partial charge is 0.214 e. The minimum Gasteiger partial charge on any atom is -0.287 e. The summed E-state index contributed by atoms with van der Waals surface area (Å²) in [6.45, 7) is 8.49. The van der Waals surface area contributed by atoms with E-state index in [1.807, 2.05) is 22.7 Å². The topological polar surface area (TPSA) is 17.1 Å². The number of hydrogen-bond donors (Lipinski definition) is 0. The van der Waals surface area contributed by atoms with Gasteiger partial charge in [0.1, 0.15) is 0 Å². The van der Waals surface area contributed by atoms with Crippen molar-refractivity contribution in [2.45, 2.75) is 34.1 Å². The molecular formula is C22H18OS4. The van der Waals surface area contributed by atoms with Crippen LogP contribution in [-0.4, -0.2) is 5.78 Å². The molecule has 27 heavy (non-hydrogen) atoms. The summed E-state index contributed by atoms with van der Waals surface area (Å²) < 4.78 is 0. The Morgan fingerprint density at radius 2 is 0.963 bits per heavy atom. The van der Waals surface area contributed by atoms with Gasteiger partial charge in [-0.3, -0.25) is 4.79 Å². The Morgan fingerprint density at radius 3 is 1.41 bits per heavy atom. The molecule has 0 unspecified atom stereocenters. The van der Waals surface area contributed by atoms with E-state index >= 15 is 0 Å². The third-order valence-corrected chi connectivity index (χ3v) is 9.09. The van der Waals surface area contributed by atoms with Gasteiger partial charge in [-0.15, -0.1) is 45.3 Å². The normalized spacial score (nSPS) is 13.1. The first-order valence-corrected chi connectivity index (χ1v) is 12.1. The molecule has 4 aromatic rings. The van der Waals surface area contributed by atoms with Crippen molar-refractivity contribution in [1.29, 1.82) is 0 Å². The van der Waals surface area contributed by atoms with E-state index in [4.69, 9.17) is 0 Å². The molecule has 4 heterocycles. The van der Waals surface area contributed by atoms with Gasteiger partial charge in [-0.1, -0.05) is 0 Å². The average Bonchev–Trinajstić information content (AvgIpc) is 3.38. The number of thiophene rings is 4. The average molecular weight is 427 g/mol. The number of carbonyl (C=O) groups is 1. The van der Waals surface area contributed by atoms with E-state index in [1.54, 1.807) is 32.4 Å². The van der Waals surface area contributed by atoms with E-state index in [-0.39, 0.29) is 5.78 Å². The van der Waals surface area contributed by atoms with Gasteiger partial charge in [0.05, 0.1) is 9.75 Å². The zero-order chi connectivity index (χ0) is 18.9. The first kappa shape index (κ1) is 17.6. The minimum atomic E-state index is 0.228. The second-order valence-corrected chi connectivity index (χ2v) is 12.3. The van der Waals surface area contributed by atoms with E-state index in [2.05, 4.69) is 52.0 Å². The van der Waals surface area contributed by atoms with Crippen LogP contribution in [0.2, 0.25) is 0 Å². The molecule has 0 spiro atoms. The van der Waals surface area contributed by atoms with Crippen LogP contribution in [0.3, 0.4) is 0 Å². The molecule has 0 saturated carbocycles. The van der Waals surface area contributed by atoms with Crippen molar-refractivity contribution in [3.05, 3.63) is 63.3 Å². The lowest BCUT2D eigenvalue weighted by atomic mass is 10.2. The maximum absolute atomic E-state index is 11.9. The van der Waals surface area contributed by atoms with Crippen molar-refractivity contribution in [2.24, 2.45) is 0 Å². The van der Waals surface area contributed by atoms with E-state index in [0.29, 0.717) is 0 Å². The van der Waals surface area contributed by atoms with Gasteiger partial charge in [-0.25, -0.2) is 0 Å². The Kier molecular flexibility index (Phi) is 4.06. The maximum Gasteiger partial charge on any atom is 0.214 e. The predicted octanol–water partition coefficient (Wildman–Crippen LogP) is 7.64. The molecule has 136 valence electrons. The van der Waals surface area contributed by atoms with Crippen LogP contribution < -0.4 is 0 Å². The molecule has 4 aromatic heterocycles. The van der Waals surface area contributed by atoms with Gasteiger partial charge in [-0.05, 0) is 63.1 Å².